The Morgan fingerprint density at radius 2 is 2.11 bits per heavy atom. The first-order valence-corrected chi connectivity index (χ1v) is 6.79. The van der Waals surface area contributed by atoms with E-state index in [2.05, 4.69) is 33.8 Å². The van der Waals surface area contributed by atoms with Crippen molar-refractivity contribution >= 4 is 5.97 Å². The highest BCUT2D eigenvalue weighted by Gasteiger charge is 2.79. The SMILES string of the molecule is COC(=O)C1=C[C@H](C)C(C)(C)[C@@]2(C)CC[C@@H]3O[C@@]132. The Kier molecular flexibility index (Phi) is 2.16. The summed E-state index contributed by atoms with van der Waals surface area (Å²) in [4.78, 5) is 12.1. The molecule has 3 rings (SSSR count). The molecule has 1 heterocycles. The lowest BCUT2D eigenvalue weighted by molar-refractivity contribution is -0.139. The number of allylic oxidation sites excluding steroid dienone is 1. The summed E-state index contributed by atoms with van der Waals surface area (Å²) < 4.78 is 11.0. The largest absolute Gasteiger partial charge is 0.466 e. The molecule has 0 amide bonds. The fraction of sp³-hybridized carbons (Fsp3) is 0.800. The van der Waals surface area contributed by atoms with Crippen molar-refractivity contribution in [1.82, 2.24) is 0 Å². The van der Waals surface area contributed by atoms with Gasteiger partial charge in [-0.25, -0.2) is 4.79 Å². The van der Waals surface area contributed by atoms with Crippen LogP contribution in [0.4, 0.5) is 0 Å². The molecule has 0 N–H and O–H groups in total. The van der Waals surface area contributed by atoms with Crippen LogP contribution < -0.4 is 0 Å². The third kappa shape index (κ3) is 1.04. The minimum absolute atomic E-state index is 0.0301. The van der Waals surface area contributed by atoms with Gasteiger partial charge >= 0.3 is 5.97 Å². The van der Waals surface area contributed by atoms with Crippen LogP contribution >= 0.6 is 0 Å². The molecule has 18 heavy (non-hydrogen) atoms. The van der Waals surface area contributed by atoms with Gasteiger partial charge in [0.15, 0.2) is 0 Å². The number of ether oxygens (including phenoxy) is 2. The van der Waals surface area contributed by atoms with Crippen LogP contribution in [-0.2, 0) is 14.3 Å². The van der Waals surface area contributed by atoms with Crippen molar-refractivity contribution in [2.45, 2.75) is 52.2 Å². The quantitative estimate of drug-likeness (QED) is 0.530. The molecule has 0 aromatic carbocycles. The standard InChI is InChI=1S/C15H22O3/c1-9-8-10(12(16)17-5)15-11(18-15)6-7-14(15,4)13(9,2)3/h8-9,11H,6-7H2,1-5H3/t9-,11-,14+,15-/m0/s1. The molecule has 0 aromatic rings. The predicted octanol–water partition coefficient (Wildman–Crippen LogP) is 2.70. The molecular formula is C15H22O3. The molecule has 1 aliphatic heterocycles. The van der Waals surface area contributed by atoms with Gasteiger partial charge in [0.25, 0.3) is 0 Å². The molecule has 4 atom stereocenters. The van der Waals surface area contributed by atoms with Crippen molar-refractivity contribution in [3.8, 4) is 0 Å². The monoisotopic (exact) mass is 250 g/mol. The van der Waals surface area contributed by atoms with E-state index in [0.29, 0.717) is 5.92 Å². The van der Waals surface area contributed by atoms with E-state index in [4.69, 9.17) is 9.47 Å². The fourth-order valence-electron chi connectivity index (χ4n) is 4.29. The van der Waals surface area contributed by atoms with Gasteiger partial charge in [-0.1, -0.05) is 33.8 Å². The Hall–Kier alpha value is -0.830. The maximum Gasteiger partial charge on any atom is 0.336 e. The smallest absolute Gasteiger partial charge is 0.336 e. The number of hydrogen-bond acceptors (Lipinski definition) is 3. The highest BCUT2D eigenvalue weighted by Crippen LogP contribution is 2.73. The fourth-order valence-corrected chi connectivity index (χ4v) is 4.29. The zero-order valence-electron chi connectivity index (χ0n) is 11.9. The van der Waals surface area contributed by atoms with Gasteiger partial charge in [0, 0.05) is 5.41 Å². The number of epoxide rings is 1. The normalized spacial score (nSPS) is 47.9. The summed E-state index contributed by atoms with van der Waals surface area (Å²) in [5.74, 6) is 0.137. The summed E-state index contributed by atoms with van der Waals surface area (Å²) in [5.41, 5.74) is 0.565. The zero-order valence-corrected chi connectivity index (χ0v) is 11.9. The Morgan fingerprint density at radius 1 is 1.44 bits per heavy atom. The molecule has 0 unspecified atom stereocenters. The average Bonchev–Trinajstić information content (AvgIpc) is 2.98. The van der Waals surface area contributed by atoms with Gasteiger partial charge in [-0.15, -0.1) is 0 Å². The summed E-state index contributed by atoms with van der Waals surface area (Å²) in [5, 5.41) is 0. The van der Waals surface area contributed by atoms with Gasteiger partial charge in [-0.2, -0.15) is 0 Å². The highest BCUT2D eigenvalue weighted by atomic mass is 16.6. The molecule has 3 nitrogen and oxygen atoms in total. The maximum absolute atomic E-state index is 12.1. The van der Waals surface area contributed by atoms with Crippen LogP contribution in [0.1, 0.15) is 40.5 Å². The van der Waals surface area contributed by atoms with E-state index >= 15 is 0 Å². The first-order chi connectivity index (χ1) is 8.31. The van der Waals surface area contributed by atoms with E-state index < -0.39 is 0 Å². The first kappa shape index (κ1) is 12.2. The maximum atomic E-state index is 12.1. The number of rotatable bonds is 1. The molecule has 1 spiro atoms. The van der Waals surface area contributed by atoms with Gasteiger partial charge in [0.05, 0.1) is 18.8 Å². The minimum atomic E-state index is -0.365. The van der Waals surface area contributed by atoms with E-state index in [1.165, 1.54) is 7.11 Å². The van der Waals surface area contributed by atoms with Crippen molar-refractivity contribution in [1.29, 1.82) is 0 Å². The third-order valence-corrected chi connectivity index (χ3v) is 6.23. The summed E-state index contributed by atoms with van der Waals surface area (Å²) in [7, 11) is 1.45. The van der Waals surface area contributed by atoms with Crippen molar-refractivity contribution in [3.63, 3.8) is 0 Å². The molecule has 100 valence electrons. The van der Waals surface area contributed by atoms with Crippen molar-refractivity contribution in [2.24, 2.45) is 16.7 Å². The highest BCUT2D eigenvalue weighted by molar-refractivity contribution is 5.92. The Labute approximate surface area is 109 Å². The van der Waals surface area contributed by atoms with Crippen molar-refractivity contribution in [3.05, 3.63) is 11.6 Å². The summed E-state index contributed by atoms with van der Waals surface area (Å²) >= 11 is 0. The van der Waals surface area contributed by atoms with E-state index in [9.17, 15) is 4.79 Å². The number of hydrogen-bond donors (Lipinski definition) is 0. The van der Waals surface area contributed by atoms with Crippen LogP contribution in [0.25, 0.3) is 0 Å². The third-order valence-electron chi connectivity index (χ3n) is 6.23. The van der Waals surface area contributed by atoms with Crippen LogP contribution in [0.15, 0.2) is 11.6 Å². The van der Waals surface area contributed by atoms with Crippen LogP contribution in [0.3, 0.4) is 0 Å². The molecule has 0 aromatic heterocycles. The van der Waals surface area contributed by atoms with Crippen LogP contribution in [-0.4, -0.2) is 24.8 Å². The molecule has 1 saturated carbocycles. The van der Waals surface area contributed by atoms with E-state index in [1.807, 2.05) is 0 Å². The molecule has 0 radical (unpaired) electrons. The van der Waals surface area contributed by atoms with Crippen molar-refractivity contribution in [2.75, 3.05) is 7.11 Å². The van der Waals surface area contributed by atoms with Crippen LogP contribution in [0, 0.1) is 16.7 Å². The topological polar surface area (TPSA) is 38.8 Å². The van der Waals surface area contributed by atoms with E-state index in [-0.39, 0.29) is 28.5 Å². The van der Waals surface area contributed by atoms with Gasteiger partial charge in [-0.3, -0.25) is 0 Å². The number of methoxy groups -OCH3 is 1. The minimum Gasteiger partial charge on any atom is -0.466 e. The van der Waals surface area contributed by atoms with E-state index in [0.717, 1.165) is 18.4 Å². The molecule has 2 fully saturated rings. The Bertz CT molecular complexity index is 451. The summed E-state index contributed by atoms with van der Waals surface area (Å²) in [6.07, 6.45) is 4.49. The second-order valence-corrected chi connectivity index (χ2v) is 6.80. The average molecular weight is 250 g/mol. The van der Waals surface area contributed by atoms with E-state index in [1.54, 1.807) is 0 Å². The molecule has 2 aliphatic carbocycles. The van der Waals surface area contributed by atoms with Crippen molar-refractivity contribution < 1.29 is 14.3 Å². The number of carbonyl (C=O) groups is 1. The number of carbonyl (C=O) groups excluding carboxylic acids is 1. The van der Waals surface area contributed by atoms with Crippen LogP contribution in [0.5, 0.6) is 0 Å². The van der Waals surface area contributed by atoms with Gasteiger partial charge in [-0.05, 0) is 24.2 Å². The molecular weight excluding hydrogens is 228 g/mol. The lowest BCUT2D eigenvalue weighted by Crippen LogP contribution is -2.53. The van der Waals surface area contributed by atoms with Gasteiger partial charge in [0.2, 0.25) is 0 Å². The molecule has 0 bridgehead atoms. The van der Waals surface area contributed by atoms with Gasteiger partial charge in [0.1, 0.15) is 5.60 Å². The molecule has 3 heteroatoms. The lowest BCUT2D eigenvalue weighted by atomic mass is 9.51. The second-order valence-electron chi connectivity index (χ2n) is 6.80. The molecule has 3 aliphatic rings. The predicted molar refractivity (Wildman–Crippen MR) is 68.0 cm³/mol. The Balaban J connectivity index is 2.17. The first-order valence-electron chi connectivity index (χ1n) is 6.79. The Morgan fingerprint density at radius 3 is 2.67 bits per heavy atom. The van der Waals surface area contributed by atoms with Gasteiger partial charge < -0.3 is 9.47 Å². The summed E-state index contributed by atoms with van der Waals surface area (Å²) in [6, 6.07) is 0. The molecule has 1 saturated heterocycles. The zero-order chi connectivity index (χ0) is 13.3. The van der Waals surface area contributed by atoms with Crippen LogP contribution in [0.2, 0.25) is 0 Å². The number of esters is 1. The lowest BCUT2D eigenvalue weighted by Gasteiger charge is -2.52. The summed E-state index contributed by atoms with van der Waals surface area (Å²) in [6.45, 7) is 9.07. The second kappa shape index (κ2) is 3.19.